The first-order valence-corrected chi connectivity index (χ1v) is 11.4. The molecule has 0 saturated carbocycles. The number of sulfonamides is 1. The molecule has 9 heteroatoms. The van der Waals surface area contributed by atoms with Gasteiger partial charge in [0.05, 0.1) is 11.4 Å². The lowest BCUT2D eigenvalue weighted by Gasteiger charge is -2.36. The highest BCUT2D eigenvalue weighted by molar-refractivity contribution is 7.89. The lowest BCUT2D eigenvalue weighted by Crippen LogP contribution is -2.51. The van der Waals surface area contributed by atoms with Crippen LogP contribution in [0.15, 0.2) is 53.4 Å². The van der Waals surface area contributed by atoms with Crippen LogP contribution in [-0.2, 0) is 26.0 Å². The smallest absolute Gasteiger partial charge is 0.241 e. The number of carbonyl (C=O) groups is 2. The topological polar surface area (TPSA) is 98.8 Å². The van der Waals surface area contributed by atoms with E-state index in [1.807, 2.05) is 30.3 Å². The second kappa shape index (κ2) is 8.45. The molecule has 0 unspecified atom stereocenters. The molecule has 1 fully saturated rings. The number of rotatable bonds is 5. The molecule has 2 aliphatic rings. The Morgan fingerprint density at radius 2 is 1.73 bits per heavy atom. The molecule has 2 amide bonds. The lowest BCUT2D eigenvalue weighted by atomic mass is 10.0. The Kier molecular flexibility index (Phi) is 5.74. The van der Waals surface area contributed by atoms with Gasteiger partial charge in [-0.1, -0.05) is 18.2 Å². The fourth-order valence-corrected chi connectivity index (χ4v) is 4.76. The molecule has 0 bridgehead atoms. The summed E-state index contributed by atoms with van der Waals surface area (Å²) >= 11 is 0. The number of nitrogens with zero attached hydrogens (tertiary/aromatic N) is 2. The van der Waals surface area contributed by atoms with Gasteiger partial charge >= 0.3 is 0 Å². The molecule has 0 aliphatic carbocycles. The zero-order chi connectivity index (χ0) is 21.1. The third kappa shape index (κ3) is 4.47. The summed E-state index contributed by atoms with van der Waals surface area (Å²) in [5, 5.41) is 2.73. The van der Waals surface area contributed by atoms with Crippen LogP contribution in [0.1, 0.15) is 12.0 Å². The summed E-state index contributed by atoms with van der Waals surface area (Å²) in [5.41, 5.74) is 2.53. The quantitative estimate of drug-likeness (QED) is 0.746. The number of aryl methyl sites for hydroxylation is 1. The summed E-state index contributed by atoms with van der Waals surface area (Å²) in [6.07, 6.45) is 0.826. The van der Waals surface area contributed by atoms with Gasteiger partial charge in [-0.3, -0.25) is 9.59 Å². The van der Waals surface area contributed by atoms with E-state index in [0.29, 0.717) is 44.7 Å². The van der Waals surface area contributed by atoms with Crippen LogP contribution in [-0.4, -0.2) is 57.9 Å². The van der Waals surface area contributed by atoms with Crippen LogP contribution < -0.4 is 14.9 Å². The molecule has 158 valence electrons. The van der Waals surface area contributed by atoms with Gasteiger partial charge in [0.25, 0.3) is 0 Å². The summed E-state index contributed by atoms with van der Waals surface area (Å²) < 4.78 is 27.7. The van der Waals surface area contributed by atoms with Crippen molar-refractivity contribution in [1.29, 1.82) is 0 Å². The highest BCUT2D eigenvalue weighted by Gasteiger charge is 2.24. The van der Waals surface area contributed by atoms with Crippen LogP contribution in [0.5, 0.6) is 0 Å². The van der Waals surface area contributed by atoms with E-state index in [-0.39, 0.29) is 23.3 Å². The number of fused-ring (bicyclic) bond motifs is 1. The van der Waals surface area contributed by atoms with E-state index in [1.54, 1.807) is 17.0 Å². The number of carbonyl (C=O) groups excluding carboxylic acids is 2. The molecule has 0 spiro atoms. The molecule has 2 heterocycles. The van der Waals surface area contributed by atoms with Gasteiger partial charge in [0.1, 0.15) is 0 Å². The Hall–Kier alpha value is -2.91. The molecule has 8 nitrogen and oxygen atoms in total. The van der Waals surface area contributed by atoms with E-state index in [0.717, 1.165) is 11.3 Å². The van der Waals surface area contributed by atoms with E-state index in [9.17, 15) is 18.0 Å². The first-order chi connectivity index (χ1) is 14.4. The van der Waals surface area contributed by atoms with Gasteiger partial charge in [0.2, 0.25) is 21.8 Å². The number of anilines is 2. The van der Waals surface area contributed by atoms with Crippen LogP contribution in [0.25, 0.3) is 0 Å². The molecule has 0 radical (unpaired) electrons. The van der Waals surface area contributed by atoms with E-state index in [2.05, 4.69) is 14.9 Å². The van der Waals surface area contributed by atoms with Gasteiger partial charge in [-0.05, 0) is 42.3 Å². The Morgan fingerprint density at radius 3 is 2.47 bits per heavy atom. The van der Waals surface area contributed by atoms with Crippen LogP contribution in [0.4, 0.5) is 11.4 Å². The first-order valence-electron chi connectivity index (χ1n) is 9.92. The minimum Gasteiger partial charge on any atom is -0.368 e. The zero-order valence-corrected chi connectivity index (χ0v) is 17.3. The maximum absolute atomic E-state index is 12.6. The lowest BCUT2D eigenvalue weighted by molar-refractivity contribution is -0.130. The van der Waals surface area contributed by atoms with Crippen LogP contribution in [0, 0.1) is 0 Å². The van der Waals surface area contributed by atoms with Crippen molar-refractivity contribution in [3.05, 3.63) is 54.1 Å². The molecule has 2 N–H and O–H groups in total. The third-order valence-corrected chi connectivity index (χ3v) is 6.85. The monoisotopic (exact) mass is 428 g/mol. The summed E-state index contributed by atoms with van der Waals surface area (Å²) in [6, 6.07) is 14.6. The Labute approximate surface area is 175 Å². The average molecular weight is 429 g/mol. The van der Waals surface area contributed by atoms with E-state index < -0.39 is 10.0 Å². The van der Waals surface area contributed by atoms with Crippen molar-refractivity contribution < 1.29 is 18.0 Å². The van der Waals surface area contributed by atoms with Crippen LogP contribution in [0.3, 0.4) is 0 Å². The molecule has 2 aromatic rings. The highest BCUT2D eigenvalue weighted by Crippen LogP contribution is 2.25. The molecular weight excluding hydrogens is 404 g/mol. The number of amides is 2. The Morgan fingerprint density at radius 1 is 1.00 bits per heavy atom. The van der Waals surface area contributed by atoms with Gasteiger partial charge in [-0.2, -0.15) is 0 Å². The average Bonchev–Trinajstić information content (AvgIpc) is 2.78. The summed E-state index contributed by atoms with van der Waals surface area (Å²) in [7, 11) is -3.82. The molecular formula is C21H24N4O4S. The number of benzene rings is 2. The van der Waals surface area contributed by atoms with Crippen molar-refractivity contribution in [3.8, 4) is 0 Å². The number of piperazine rings is 1. The Bertz CT molecular complexity index is 1050. The maximum Gasteiger partial charge on any atom is 0.241 e. The van der Waals surface area contributed by atoms with E-state index >= 15 is 0 Å². The van der Waals surface area contributed by atoms with Gasteiger partial charge in [0.15, 0.2) is 0 Å². The standard InChI is InChI=1S/C21H24N4O4S/c26-20-9-6-16-14-18(7-8-19(16)23-20)30(28,29)22-15-21(27)25-12-10-24(11-13-25)17-4-2-1-3-5-17/h1-5,7-8,14,22H,6,9-13,15H2,(H,23,26). The second-order valence-electron chi connectivity index (χ2n) is 7.40. The number of para-hydroxylation sites is 1. The van der Waals surface area contributed by atoms with Gasteiger partial charge in [-0.25, -0.2) is 13.1 Å². The molecule has 1 saturated heterocycles. The van der Waals surface area contributed by atoms with Crippen LogP contribution in [0.2, 0.25) is 0 Å². The summed E-state index contributed by atoms with van der Waals surface area (Å²) in [5.74, 6) is -0.314. The maximum atomic E-state index is 12.6. The van der Waals surface area contributed by atoms with E-state index in [1.165, 1.54) is 6.07 Å². The van der Waals surface area contributed by atoms with Crippen molar-refractivity contribution in [1.82, 2.24) is 9.62 Å². The zero-order valence-electron chi connectivity index (χ0n) is 16.5. The molecule has 2 aliphatic heterocycles. The van der Waals surface area contributed by atoms with Crippen LogP contribution >= 0.6 is 0 Å². The second-order valence-corrected chi connectivity index (χ2v) is 9.16. The third-order valence-electron chi connectivity index (χ3n) is 5.45. The Balaban J connectivity index is 1.33. The van der Waals surface area contributed by atoms with E-state index in [4.69, 9.17) is 0 Å². The number of nitrogens with one attached hydrogen (secondary N) is 2. The van der Waals surface area contributed by atoms with Crippen molar-refractivity contribution >= 4 is 33.2 Å². The summed E-state index contributed by atoms with van der Waals surface area (Å²) in [6.45, 7) is 2.24. The molecule has 0 atom stereocenters. The number of hydrogen-bond acceptors (Lipinski definition) is 5. The first kappa shape index (κ1) is 20.4. The molecule has 0 aromatic heterocycles. The minimum atomic E-state index is -3.82. The fraction of sp³-hybridized carbons (Fsp3) is 0.333. The predicted octanol–water partition coefficient (Wildman–Crippen LogP) is 1.20. The van der Waals surface area contributed by atoms with Crippen molar-refractivity contribution in [3.63, 3.8) is 0 Å². The number of hydrogen-bond donors (Lipinski definition) is 2. The van der Waals surface area contributed by atoms with Gasteiger partial charge < -0.3 is 15.1 Å². The van der Waals surface area contributed by atoms with Gasteiger partial charge in [-0.15, -0.1) is 0 Å². The van der Waals surface area contributed by atoms with Gasteiger partial charge in [0, 0.05) is 44.0 Å². The highest BCUT2D eigenvalue weighted by atomic mass is 32.2. The molecule has 2 aromatic carbocycles. The molecule has 30 heavy (non-hydrogen) atoms. The van der Waals surface area contributed by atoms with Crippen molar-refractivity contribution in [2.24, 2.45) is 0 Å². The minimum absolute atomic E-state index is 0.0748. The fourth-order valence-electron chi connectivity index (χ4n) is 3.73. The predicted molar refractivity (Wildman–Crippen MR) is 114 cm³/mol. The normalized spacial score (nSPS) is 16.7. The van der Waals surface area contributed by atoms with Crippen molar-refractivity contribution in [2.75, 3.05) is 42.9 Å². The SMILES string of the molecule is O=C1CCc2cc(S(=O)(=O)NCC(=O)N3CCN(c4ccccc4)CC3)ccc2N1. The summed E-state index contributed by atoms with van der Waals surface area (Å²) in [4.78, 5) is 28.0. The largest absolute Gasteiger partial charge is 0.368 e. The molecule has 4 rings (SSSR count). The van der Waals surface area contributed by atoms with Crippen molar-refractivity contribution in [2.45, 2.75) is 17.7 Å².